The lowest BCUT2D eigenvalue weighted by molar-refractivity contribution is -0.142. The van der Waals surface area contributed by atoms with Gasteiger partial charge >= 0.3 is 0 Å². The number of carbonyl (C=O) groups excluding carboxylic acids is 2. The number of hydrogen-bond acceptors (Lipinski definition) is 6. The SMILES string of the molecule is COCCNC(=O)[C@H](c1ccncc1)N(Cc1ccccc1)C(=O)Cn1nnc2ccccc21. The molecule has 1 N–H and O–H groups in total. The third kappa shape index (κ3) is 5.44. The number of rotatable bonds is 10. The lowest BCUT2D eigenvalue weighted by atomic mass is 10.0. The Bertz CT molecular complexity index is 1230. The van der Waals surface area contributed by atoms with E-state index in [-0.39, 0.29) is 24.9 Å². The van der Waals surface area contributed by atoms with Crippen molar-refractivity contribution >= 4 is 22.8 Å². The highest BCUT2D eigenvalue weighted by Gasteiger charge is 2.32. The molecule has 1 atom stereocenters. The highest BCUT2D eigenvalue weighted by atomic mass is 16.5. The zero-order valence-corrected chi connectivity index (χ0v) is 18.9. The minimum atomic E-state index is -0.859. The third-order valence-electron chi connectivity index (χ3n) is 5.41. The Labute approximate surface area is 197 Å². The average molecular weight is 459 g/mol. The van der Waals surface area contributed by atoms with Gasteiger partial charge in [-0.2, -0.15) is 0 Å². The molecule has 0 unspecified atom stereocenters. The predicted octanol–water partition coefficient (Wildman–Crippen LogP) is 2.36. The summed E-state index contributed by atoms with van der Waals surface area (Å²) in [5.41, 5.74) is 3.02. The van der Waals surface area contributed by atoms with Crippen LogP contribution in [0.4, 0.5) is 0 Å². The summed E-state index contributed by atoms with van der Waals surface area (Å²) in [6.07, 6.45) is 3.22. The normalized spacial score (nSPS) is 11.8. The number of amides is 2. The first-order chi connectivity index (χ1) is 16.7. The van der Waals surface area contributed by atoms with Crippen LogP contribution in [0.25, 0.3) is 11.0 Å². The van der Waals surface area contributed by atoms with Gasteiger partial charge in [-0.3, -0.25) is 14.6 Å². The maximum Gasteiger partial charge on any atom is 0.247 e. The van der Waals surface area contributed by atoms with E-state index < -0.39 is 6.04 Å². The molecule has 0 radical (unpaired) electrons. The molecular weight excluding hydrogens is 432 g/mol. The van der Waals surface area contributed by atoms with Gasteiger partial charge in [-0.1, -0.05) is 47.7 Å². The van der Waals surface area contributed by atoms with Crippen molar-refractivity contribution in [2.45, 2.75) is 19.1 Å². The summed E-state index contributed by atoms with van der Waals surface area (Å²) >= 11 is 0. The molecule has 9 nitrogen and oxygen atoms in total. The molecule has 2 aromatic heterocycles. The van der Waals surface area contributed by atoms with E-state index in [1.54, 1.807) is 41.2 Å². The van der Waals surface area contributed by atoms with Crippen LogP contribution < -0.4 is 5.32 Å². The van der Waals surface area contributed by atoms with E-state index in [0.717, 1.165) is 11.1 Å². The van der Waals surface area contributed by atoms with Crippen molar-refractivity contribution in [1.29, 1.82) is 0 Å². The number of benzene rings is 2. The number of aromatic nitrogens is 4. The van der Waals surface area contributed by atoms with Gasteiger partial charge in [0.25, 0.3) is 0 Å². The van der Waals surface area contributed by atoms with Crippen LogP contribution in [0.1, 0.15) is 17.2 Å². The van der Waals surface area contributed by atoms with Crippen LogP contribution >= 0.6 is 0 Å². The molecule has 2 heterocycles. The number of para-hydroxylation sites is 1. The molecule has 0 saturated carbocycles. The molecule has 0 spiro atoms. The Morgan fingerprint density at radius 3 is 2.53 bits per heavy atom. The summed E-state index contributed by atoms with van der Waals surface area (Å²) in [5.74, 6) is -0.556. The van der Waals surface area contributed by atoms with Crippen LogP contribution in [0.5, 0.6) is 0 Å². The minimum Gasteiger partial charge on any atom is -0.383 e. The Kier molecular flexibility index (Phi) is 7.56. The summed E-state index contributed by atoms with van der Waals surface area (Å²) in [4.78, 5) is 32.7. The van der Waals surface area contributed by atoms with Gasteiger partial charge in [0.1, 0.15) is 18.1 Å². The maximum atomic E-state index is 13.7. The van der Waals surface area contributed by atoms with Crippen LogP contribution in [-0.4, -0.2) is 57.0 Å². The molecule has 2 amide bonds. The number of nitrogens with one attached hydrogen (secondary N) is 1. The molecule has 4 rings (SSSR count). The molecule has 0 aliphatic heterocycles. The fourth-order valence-electron chi connectivity index (χ4n) is 3.75. The first-order valence-electron chi connectivity index (χ1n) is 11.0. The van der Waals surface area contributed by atoms with Crippen LogP contribution in [0.15, 0.2) is 79.1 Å². The smallest absolute Gasteiger partial charge is 0.247 e. The monoisotopic (exact) mass is 458 g/mol. The van der Waals surface area contributed by atoms with E-state index in [2.05, 4.69) is 20.6 Å². The molecular formula is C25H26N6O3. The summed E-state index contributed by atoms with van der Waals surface area (Å²) in [5, 5.41) is 11.2. The van der Waals surface area contributed by atoms with Gasteiger partial charge in [0.05, 0.1) is 12.1 Å². The van der Waals surface area contributed by atoms with Crippen LogP contribution in [0.2, 0.25) is 0 Å². The zero-order chi connectivity index (χ0) is 23.8. The fourth-order valence-corrected chi connectivity index (χ4v) is 3.75. The maximum absolute atomic E-state index is 13.7. The van der Waals surface area contributed by atoms with Crippen molar-refractivity contribution < 1.29 is 14.3 Å². The Morgan fingerprint density at radius 1 is 1.03 bits per heavy atom. The van der Waals surface area contributed by atoms with Gasteiger partial charge in [0.15, 0.2) is 0 Å². The summed E-state index contributed by atoms with van der Waals surface area (Å²) < 4.78 is 6.63. The second kappa shape index (κ2) is 11.2. The Hall–Kier alpha value is -4.11. The standard InChI is InChI=1S/C25H26N6O3/c1-34-16-15-27-25(33)24(20-11-13-26-14-12-20)30(17-19-7-3-2-4-8-19)23(32)18-31-22-10-6-5-9-21(22)28-29-31/h2-14,24H,15-18H2,1H3,(H,27,33)/t24-/m0/s1. The number of pyridine rings is 1. The van der Waals surface area contributed by atoms with Crippen molar-refractivity contribution in [2.24, 2.45) is 0 Å². The number of fused-ring (bicyclic) bond motifs is 1. The highest BCUT2D eigenvalue weighted by molar-refractivity contribution is 5.89. The third-order valence-corrected chi connectivity index (χ3v) is 5.41. The molecule has 0 saturated heterocycles. The van der Waals surface area contributed by atoms with Crippen LogP contribution in [0.3, 0.4) is 0 Å². The lowest BCUT2D eigenvalue weighted by Crippen LogP contribution is -2.45. The predicted molar refractivity (Wildman–Crippen MR) is 126 cm³/mol. The van der Waals surface area contributed by atoms with E-state index in [0.29, 0.717) is 24.2 Å². The number of ether oxygens (including phenoxy) is 1. The van der Waals surface area contributed by atoms with Gasteiger partial charge in [-0.05, 0) is 35.4 Å². The summed E-state index contributed by atoms with van der Waals surface area (Å²) in [6.45, 7) is 0.891. The molecule has 0 fully saturated rings. The van der Waals surface area contributed by atoms with Gasteiger partial charge in [-0.15, -0.1) is 5.10 Å². The van der Waals surface area contributed by atoms with E-state index in [1.165, 1.54) is 0 Å². The van der Waals surface area contributed by atoms with Crippen molar-refractivity contribution in [1.82, 2.24) is 30.2 Å². The Balaban J connectivity index is 1.69. The fraction of sp³-hybridized carbons (Fsp3) is 0.240. The van der Waals surface area contributed by atoms with Gasteiger partial charge in [-0.25, -0.2) is 4.68 Å². The number of carbonyl (C=O) groups is 2. The second-order valence-electron chi connectivity index (χ2n) is 7.71. The van der Waals surface area contributed by atoms with Gasteiger partial charge in [0.2, 0.25) is 11.8 Å². The molecule has 2 aromatic carbocycles. The second-order valence-corrected chi connectivity index (χ2v) is 7.71. The minimum absolute atomic E-state index is 0.0553. The van der Waals surface area contributed by atoms with E-state index in [9.17, 15) is 9.59 Å². The molecule has 0 aliphatic carbocycles. The van der Waals surface area contributed by atoms with Gasteiger partial charge < -0.3 is 15.0 Å². The molecule has 4 aromatic rings. The topological polar surface area (TPSA) is 102 Å². The van der Waals surface area contributed by atoms with Gasteiger partial charge in [0, 0.05) is 32.6 Å². The first-order valence-corrected chi connectivity index (χ1v) is 11.0. The zero-order valence-electron chi connectivity index (χ0n) is 18.9. The Morgan fingerprint density at radius 2 is 1.76 bits per heavy atom. The highest BCUT2D eigenvalue weighted by Crippen LogP contribution is 2.24. The summed E-state index contributed by atoms with van der Waals surface area (Å²) in [7, 11) is 1.57. The van der Waals surface area contributed by atoms with Crippen molar-refractivity contribution in [3.05, 3.63) is 90.3 Å². The van der Waals surface area contributed by atoms with Crippen LogP contribution in [-0.2, 0) is 27.4 Å². The molecule has 34 heavy (non-hydrogen) atoms. The number of methoxy groups -OCH3 is 1. The quantitative estimate of drug-likeness (QED) is 0.366. The van der Waals surface area contributed by atoms with E-state index >= 15 is 0 Å². The van der Waals surface area contributed by atoms with E-state index in [1.807, 2.05) is 54.6 Å². The number of nitrogens with zero attached hydrogens (tertiary/aromatic N) is 5. The molecule has 0 aliphatic rings. The largest absolute Gasteiger partial charge is 0.383 e. The lowest BCUT2D eigenvalue weighted by Gasteiger charge is -2.31. The molecule has 174 valence electrons. The first kappa shape index (κ1) is 23.1. The molecule has 9 heteroatoms. The molecule has 0 bridgehead atoms. The van der Waals surface area contributed by atoms with Crippen molar-refractivity contribution in [3.8, 4) is 0 Å². The van der Waals surface area contributed by atoms with Crippen molar-refractivity contribution in [3.63, 3.8) is 0 Å². The average Bonchev–Trinajstić information content (AvgIpc) is 3.28. The van der Waals surface area contributed by atoms with E-state index in [4.69, 9.17) is 4.74 Å². The number of hydrogen-bond donors (Lipinski definition) is 1. The van der Waals surface area contributed by atoms with Crippen LogP contribution in [0, 0.1) is 0 Å². The van der Waals surface area contributed by atoms with Crippen molar-refractivity contribution in [2.75, 3.05) is 20.3 Å². The summed E-state index contributed by atoms with van der Waals surface area (Å²) in [6, 6.07) is 19.7.